The molecule has 0 N–H and O–H groups in total. The van der Waals surface area contributed by atoms with Crippen molar-refractivity contribution in [1.82, 2.24) is 4.90 Å². The van der Waals surface area contributed by atoms with Crippen molar-refractivity contribution < 1.29 is 9.53 Å². The number of carbonyl (C=O) groups is 1. The maximum absolute atomic E-state index is 12.6. The molecule has 0 unspecified atom stereocenters. The summed E-state index contributed by atoms with van der Waals surface area (Å²) in [6, 6.07) is 18.7. The third-order valence-corrected chi connectivity index (χ3v) is 3.64. The lowest BCUT2D eigenvalue weighted by atomic mass is 10.0. The van der Waals surface area contributed by atoms with Gasteiger partial charge < -0.3 is 9.64 Å². The molecule has 4 heteroatoms. The SMILES string of the molecule is CC(C)(C)N(Cc1ccccc1)C(=O)COc1ccc(C#N)cc1. The van der Waals surface area contributed by atoms with E-state index in [9.17, 15) is 4.79 Å². The number of carbonyl (C=O) groups excluding carboxylic acids is 1. The maximum atomic E-state index is 12.6. The number of hydrogen-bond donors (Lipinski definition) is 0. The molecule has 0 aliphatic heterocycles. The van der Waals surface area contributed by atoms with E-state index in [2.05, 4.69) is 6.07 Å². The summed E-state index contributed by atoms with van der Waals surface area (Å²) < 4.78 is 5.58. The molecule has 0 saturated carbocycles. The Morgan fingerprint density at radius 1 is 1.08 bits per heavy atom. The molecule has 4 nitrogen and oxygen atoms in total. The minimum Gasteiger partial charge on any atom is -0.484 e. The van der Waals surface area contributed by atoms with Crippen molar-refractivity contribution in [2.45, 2.75) is 32.9 Å². The van der Waals surface area contributed by atoms with Gasteiger partial charge in [0.05, 0.1) is 11.6 Å². The fourth-order valence-corrected chi connectivity index (χ4v) is 2.31. The van der Waals surface area contributed by atoms with Gasteiger partial charge in [0, 0.05) is 12.1 Å². The number of nitrogens with zero attached hydrogens (tertiary/aromatic N) is 2. The quantitative estimate of drug-likeness (QED) is 0.842. The van der Waals surface area contributed by atoms with Gasteiger partial charge in [-0.3, -0.25) is 4.79 Å². The van der Waals surface area contributed by atoms with Crippen molar-refractivity contribution in [2.75, 3.05) is 6.61 Å². The van der Waals surface area contributed by atoms with Crippen molar-refractivity contribution in [3.05, 3.63) is 65.7 Å². The molecule has 2 rings (SSSR count). The van der Waals surface area contributed by atoms with E-state index < -0.39 is 0 Å². The highest BCUT2D eigenvalue weighted by Gasteiger charge is 2.26. The Balaban J connectivity index is 2.03. The first-order valence-electron chi connectivity index (χ1n) is 7.87. The first-order chi connectivity index (χ1) is 11.4. The second-order valence-electron chi connectivity index (χ2n) is 6.56. The van der Waals surface area contributed by atoms with Crippen LogP contribution >= 0.6 is 0 Å². The summed E-state index contributed by atoms with van der Waals surface area (Å²) in [5.41, 5.74) is 1.34. The Morgan fingerprint density at radius 3 is 2.25 bits per heavy atom. The Hall–Kier alpha value is -2.80. The lowest BCUT2D eigenvalue weighted by Crippen LogP contribution is -2.47. The minimum absolute atomic E-state index is 0.0317. The zero-order chi connectivity index (χ0) is 17.6. The summed E-state index contributed by atoms with van der Waals surface area (Å²) in [7, 11) is 0. The predicted octanol–water partition coefficient (Wildman–Crippen LogP) is 3.76. The molecular weight excluding hydrogens is 300 g/mol. The molecule has 2 aromatic rings. The van der Waals surface area contributed by atoms with Crippen molar-refractivity contribution in [3.8, 4) is 11.8 Å². The van der Waals surface area contributed by atoms with Gasteiger partial charge in [0.25, 0.3) is 5.91 Å². The lowest BCUT2D eigenvalue weighted by molar-refractivity contribution is -0.139. The van der Waals surface area contributed by atoms with E-state index in [0.717, 1.165) is 5.56 Å². The highest BCUT2D eigenvalue weighted by atomic mass is 16.5. The molecule has 1 amide bonds. The normalized spacial score (nSPS) is 10.8. The summed E-state index contributed by atoms with van der Waals surface area (Å²) >= 11 is 0. The van der Waals surface area contributed by atoms with Crippen LogP contribution in [0.25, 0.3) is 0 Å². The van der Waals surface area contributed by atoms with Crippen LogP contribution in [-0.4, -0.2) is 23.0 Å². The van der Waals surface area contributed by atoms with Crippen molar-refractivity contribution in [2.24, 2.45) is 0 Å². The molecule has 0 aliphatic carbocycles. The number of rotatable bonds is 5. The predicted molar refractivity (Wildman–Crippen MR) is 93.4 cm³/mol. The second-order valence-corrected chi connectivity index (χ2v) is 6.56. The van der Waals surface area contributed by atoms with Gasteiger partial charge in [-0.15, -0.1) is 0 Å². The van der Waals surface area contributed by atoms with Gasteiger partial charge in [0.1, 0.15) is 5.75 Å². The molecule has 124 valence electrons. The Bertz CT molecular complexity index is 710. The highest BCUT2D eigenvalue weighted by Crippen LogP contribution is 2.18. The zero-order valence-electron chi connectivity index (χ0n) is 14.3. The topological polar surface area (TPSA) is 53.3 Å². The summed E-state index contributed by atoms with van der Waals surface area (Å²) in [6.07, 6.45) is 0. The number of amides is 1. The van der Waals surface area contributed by atoms with Crippen LogP contribution in [0.5, 0.6) is 5.75 Å². The molecule has 0 fully saturated rings. The van der Waals surface area contributed by atoms with Crippen molar-refractivity contribution in [1.29, 1.82) is 5.26 Å². The number of hydrogen-bond acceptors (Lipinski definition) is 3. The van der Waals surface area contributed by atoms with Crippen LogP contribution in [0.3, 0.4) is 0 Å². The van der Waals surface area contributed by atoms with E-state index in [-0.39, 0.29) is 18.1 Å². The van der Waals surface area contributed by atoms with Crippen LogP contribution in [0.2, 0.25) is 0 Å². The Morgan fingerprint density at radius 2 is 1.71 bits per heavy atom. The van der Waals surface area contributed by atoms with Crippen molar-refractivity contribution >= 4 is 5.91 Å². The Kier molecular flexibility index (Phi) is 5.59. The second kappa shape index (κ2) is 7.65. The van der Waals surface area contributed by atoms with Gasteiger partial charge in [0.15, 0.2) is 6.61 Å². The fraction of sp³-hybridized carbons (Fsp3) is 0.300. The van der Waals surface area contributed by atoms with Gasteiger partial charge in [-0.25, -0.2) is 0 Å². The first-order valence-corrected chi connectivity index (χ1v) is 7.87. The van der Waals surface area contributed by atoms with Gasteiger partial charge in [0.2, 0.25) is 0 Å². The van der Waals surface area contributed by atoms with Gasteiger partial charge >= 0.3 is 0 Å². The zero-order valence-corrected chi connectivity index (χ0v) is 14.3. The average Bonchev–Trinajstić information content (AvgIpc) is 2.58. The van der Waals surface area contributed by atoms with Crippen LogP contribution in [-0.2, 0) is 11.3 Å². The summed E-state index contributed by atoms with van der Waals surface area (Å²) in [5, 5.41) is 8.80. The first kappa shape index (κ1) is 17.6. The highest BCUT2D eigenvalue weighted by molar-refractivity contribution is 5.78. The molecule has 0 spiro atoms. The molecule has 2 aromatic carbocycles. The summed E-state index contributed by atoms with van der Waals surface area (Å²) in [6.45, 7) is 6.54. The summed E-state index contributed by atoms with van der Waals surface area (Å²) in [4.78, 5) is 14.5. The van der Waals surface area contributed by atoms with E-state index in [1.165, 1.54) is 0 Å². The van der Waals surface area contributed by atoms with Crippen LogP contribution < -0.4 is 4.74 Å². The molecule has 0 heterocycles. The van der Waals surface area contributed by atoms with Gasteiger partial charge in [-0.05, 0) is 50.6 Å². The molecule has 0 bridgehead atoms. The smallest absolute Gasteiger partial charge is 0.261 e. The molecule has 0 aliphatic rings. The standard InChI is InChI=1S/C20H22N2O2/c1-20(2,3)22(14-17-7-5-4-6-8-17)19(23)15-24-18-11-9-16(13-21)10-12-18/h4-12H,14-15H2,1-3H3. The molecule has 0 aromatic heterocycles. The molecule has 24 heavy (non-hydrogen) atoms. The van der Waals surface area contributed by atoms with Crippen LogP contribution in [0.15, 0.2) is 54.6 Å². The van der Waals surface area contributed by atoms with Gasteiger partial charge in [-0.2, -0.15) is 5.26 Å². The van der Waals surface area contributed by atoms with E-state index in [0.29, 0.717) is 17.9 Å². The third kappa shape index (κ3) is 4.85. The summed E-state index contributed by atoms with van der Waals surface area (Å²) in [5.74, 6) is 0.506. The van der Waals surface area contributed by atoms with Crippen molar-refractivity contribution in [3.63, 3.8) is 0 Å². The van der Waals surface area contributed by atoms with E-state index in [1.54, 1.807) is 24.3 Å². The van der Waals surface area contributed by atoms with E-state index in [4.69, 9.17) is 10.00 Å². The molecule has 0 radical (unpaired) electrons. The lowest BCUT2D eigenvalue weighted by Gasteiger charge is -2.35. The van der Waals surface area contributed by atoms with Gasteiger partial charge in [-0.1, -0.05) is 30.3 Å². The van der Waals surface area contributed by atoms with Crippen LogP contribution in [0, 0.1) is 11.3 Å². The number of nitriles is 1. The number of benzene rings is 2. The Labute approximate surface area is 143 Å². The van der Waals surface area contributed by atoms with Crippen LogP contribution in [0.1, 0.15) is 31.9 Å². The van der Waals surface area contributed by atoms with Crippen LogP contribution in [0.4, 0.5) is 0 Å². The monoisotopic (exact) mass is 322 g/mol. The average molecular weight is 322 g/mol. The number of ether oxygens (including phenoxy) is 1. The minimum atomic E-state index is -0.305. The fourth-order valence-electron chi connectivity index (χ4n) is 2.31. The van der Waals surface area contributed by atoms with E-state index in [1.807, 2.05) is 56.0 Å². The molecule has 0 saturated heterocycles. The maximum Gasteiger partial charge on any atom is 0.261 e. The van der Waals surface area contributed by atoms with E-state index >= 15 is 0 Å². The molecular formula is C20H22N2O2. The largest absolute Gasteiger partial charge is 0.484 e. The molecule has 0 atom stereocenters. The third-order valence-electron chi connectivity index (χ3n) is 3.64.